The molecule has 0 bridgehead atoms. The van der Waals surface area contributed by atoms with Gasteiger partial charge in [0.2, 0.25) is 9.47 Å². The van der Waals surface area contributed by atoms with Crippen LogP contribution in [0.1, 0.15) is 19.8 Å². The Morgan fingerprint density at radius 3 is 2.88 bits per heavy atom. The van der Waals surface area contributed by atoms with E-state index < -0.39 is 10.0 Å². The molecule has 0 radical (unpaired) electrons. The predicted octanol–water partition coefficient (Wildman–Crippen LogP) is -0.0339. The lowest BCUT2D eigenvalue weighted by atomic mass is 10.1. The SMILES string of the molecule is CC1CC(NS(=O)(=O)c2nnc(N)s2)CCO1. The number of hydrogen-bond donors (Lipinski definition) is 2. The van der Waals surface area contributed by atoms with E-state index in [2.05, 4.69) is 14.9 Å². The van der Waals surface area contributed by atoms with Gasteiger partial charge in [-0.2, -0.15) is 0 Å². The molecule has 3 N–H and O–H groups in total. The summed E-state index contributed by atoms with van der Waals surface area (Å²) in [4.78, 5) is 0. The van der Waals surface area contributed by atoms with Crippen LogP contribution in [0, 0.1) is 0 Å². The van der Waals surface area contributed by atoms with Crippen LogP contribution in [-0.2, 0) is 14.8 Å². The van der Waals surface area contributed by atoms with E-state index in [1.54, 1.807) is 0 Å². The van der Waals surface area contributed by atoms with Gasteiger partial charge in [-0.15, -0.1) is 10.2 Å². The first-order chi connectivity index (χ1) is 7.97. The lowest BCUT2D eigenvalue weighted by Crippen LogP contribution is -2.41. The zero-order chi connectivity index (χ0) is 12.5. The molecule has 1 aromatic heterocycles. The Kier molecular flexibility index (Phi) is 3.61. The highest BCUT2D eigenvalue weighted by molar-refractivity contribution is 7.91. The molecule has 2 heterocycles. The second kappa shape index (κ2) is 4.84. The fourth-order valence-corrected chi connectivity index (χ4v) is 3.79. The summed E-state index contributed by atoms with van der Waals surface area (Å²) >= 11 is 0.858. The topological polar surface area (TPSA) is 107 Å². The Morgan fingerprint density at radius 1 is 1.53 bits per heavy atom. The van der Waals surface area contributed by atoms with Crippen LogP contribution >= 0.6 is 11.3 Å². The Morgan fingerprint density at radius 2 is 2.29 bits per heavy atom. The molecular formula is C8H14N4O3S2. The molecule has 2 unspecified atom stereocenters. The van der Waals surface area contributed by atoms with Crippen molar-refractivity contribution in [2.75, 3.05) is 12.3 Å². The predicted molar refractivity (Wildman–Crippen MR) is 63.1 cm³/mol. The molecule has 0 spiro atoms. The molecule has 0 aromatic carbocycles. The van der Waals surface area contributed by atoms with Crippen molar-refractivity contribution in [3.8, 4) is 0 Å². The van der Waals surface area contributed by atoms with Gasteiger partial charge in [-0.25, -0.2) is 13.1 Å². The smallest absolute Gasteiger partial charge is 0.270 e. The lowest BCUT2D eigenvalue weighted by Gasteiger charge is -2.27. The average Bonchev–Trinajstić information content (AvgIpc) is 2.65. The molecule has 1 saturated heterocycles. The first-order valence-electron chi connectivity index (χ1n) is 5.20. The molecule has 0 aliphatic carbocycles. The summed E-state index contributed by atoms with van der Waals surface area (Å²) in [6.07, 6.45) is 1.39. The Bertz CT molecular complexity index is 487. The number of nitrogens with two attached hydrogens (primary N) is 1. The highest BCUT2D eigenvalue weighted by Gasteiger charge is 2.27. The zero-order valence-electron chi connectivity index (χ0n) is 9.29. The number of nitrogens with one attached hydrogen (secondary N) is 1. The van der Waals surface area contributed by atoms with Crippen molar-refractivity contribution in [2.24, 2.45) is 0 Å². The lowest BCUT2D eigenvalue weighted by molar-refractivity contribution is 0.0173. The molecule has 1 aliphatic rings. The van der Waals surface area contributed by atoms with Crippen LogP contribution in [0.2, 0.25) is 0 Å². The maximum atomic E-state index is 11.9. The number of ether oxygens (including phenoxy) is 1. The van der Waals surface area contributed by atoms with E-state index in [1.807, 2.05) is 6.92 Å². The molecule has 17 heavy (non-hydrogen) atoms. The molecule has 2 atom stereocenters. The van der Waals surface area contributed by atoms with Crippen molar-refractivity contribution in [3.05, 3.63) is 0 Å². The van der Waals surface area contributed by atoms with Gasteiger partial charge in [-0.3, -0.25) is 0 Å². The number of nitrogen functional groups attached to an aromatic ring is 1. The summed E-state index contributed by atoms with van der Waals surface area (Å²) in [5.41, 5.74) is 5.36. The minimum atomic E-state index is -3.60. The third-order valence-corrected chi connectivity index (χ3v) is 5.10. The van der Waals surface area contributed by atoms with Gasteiger partial charge in [0.1, 0.15) is 0 Å². The van der Waals surface area contributed by atoms with Crippen LogP contribution in [0.25, 0.3) is 0 Å². The minimum absolute atomic E-state index is 0.0657. The van der Waals surface area contributed by atoms with Gasteiger partial charge in [-0.1, -0.05) is 11.3 Å². The molecule has 0 amide bonds. The molecule has 2 rings (SSSR count). The summed E-state index contributed by atoms with van der Waals surface area (Å²) in [7, 11) is -3.60. The van der Waals surface area contributed by atoms with Crippen LogP contribution in [0.4, 0.5) is 5.13 Å². The summed E-state index contributed by atoms with van der Waals surface area (Å²) in [6, 6.07) is -0.117. The second-order valence-corrected chi connectivity index (χ2v) is 6.83. The van der Waals surface area contributed by atoms with Crippen molar-refractivity contribution in [1.29, 1.82) is 0 Å². The average molecular weight is 278 g/mol. The molecule has 7 nitrogen and oxygen atoms in total. The highest BCUT2D eigenvalue weighted by Crippen LogP contribution is 2.20. The maximum absolute atomic E-state index is 11.9. The van der Waals surface area contributed by atoms with E-state index in [4.69, 9.17) is 10.5 Å². The van der Waals surface area contributed by atoms with Gasteiger partial charge < -0.3 is 10.5 Å². The van der Waals surface area contributed by atoms with Crippen LogP contribution in [0.3, 0.4) is 0 Å². The number of sulfonamides is 1. The molecule has 9 heteroatoms. The van der Waals surface area contributed by atoms with Crippen molar-refractivity contribution >= 4 is 26.5 Å². The third kappa shape index (κ3) is 3.12. The number of anilines is 1. The van der Waals surface area contributed by atoms with Gasteiger partial charge in [0.05, 0.1) is 6.10 Å². The number of hydrogen-bond acceptors (Lipinski definition) is 7. The van der Waals surface area contributed by atoms with E-state index >= 15 is 0 Å². The van der Waals surface area contributed by atoms with Crippen LogP contribution in [0.15, 0.2) is 4.34 Å². The normalized spacial score (nSPS) is 25.9. The second-order valence-electron chi connectivity index (χ2n) is 3.93. The summed E-state index contributed by atoms with van der Waals surface area (Å²) in [6.45, 7) is 2.48. The Hall–Kier alpha value is -0.770. The standard InChI is InChI=1S/C8H14N4O3S2/c1-5-4-6(2-3-15-5)12-17(13,14)8-11-10-7(9)16-8/h5-6,12H,2-4H2,1H3,(H2,9,10). The zero-order valence-corrected chi connectivity index (χ0v) is 10.9. The van der Waals surface area contributed by atoms with E-state index in [0.29, 0.717) is 19.4 Å². The fourth-order valence-electron chi connectivity index (χ4n) is 1.70. The molecule has 0 saturated carbocycles. The van der Waals surface area contributed by atoms with Gasteiger partial charge in [0.25, 0.3) is 10.0 Å². The minimum Gasteiger partial charge on any atom is -0.378 e. The van der Waals surface area contributed by atoms with Gasteiger partial charge in [0, 0.05) is 12.6 Å². The van der Waals surface area contributed by atoms with Crippen LogP contribution in [0.5, 0.6) is 0 Å². The highest BCUT2D eigenvalue weighted by atomic mass is 32.2. The van der Waals surface area contributed by atoms with E-state index in [1.165, 1.54) is 0 Å². The van der Waals surface area contributed by atoms with Crippen molar-refractivity contribution in [2.45, 2.75) is 36.3 Å². The number of nitrogens with zero attached hydrogens (tertiary/aromatic N) is 2. The largest absolute Gasteiger partial charge is 0.378 e. The number of rotatable bonds is 3. The molecule has 1 aromatic rings. The Labute approximate surface area is 103 Å². The first kappa shape index (κ1) is 12.7. The monoisotopic (exact) mass is 278 g/mol. The van der Waals surface area contributed by atoms with Gasteiger partial charge in [0.15, 0.2) is 0 Å². The molecule has 96 valence electrons. The van der Waals surface area contributed by atoms with E-state index in [0.717, 1.165) is 11.3 Å². The van der Waals surface area contributed by atoms with E-state index in [9.17, 15) is 8.42 Å². The number of aromatic nitrogens is 2. The van der Waals surface area contributed by atoms with E-state index in [-0.39, 0.29) is 21.6 Å². The summed E-state index contributed by atoms with van der Waals surface area (Å²) in [5.74, 6) is 0. The third-order valence-electron chi connectivity index (χ3n) is 2.46. The van der Waals surface area contributed by atoms with Crippen molar-refractivity contribution < 1.29 is 13.2 Å². The quantitative estimate of drug-likeness (QED) is 0.803. The van der Waals surface area contributed by atoms with Crippen LogP contribution in [-0.4, -0.2) is 37.4 Å². The van der Waals surface area contributed by atoms with Gasteiger partial charge in [-0.05, 0) is 19.8 Å². The summed E-state index contributed by atoms with van der Waals surface area (Å²) in [5, 5.41) is 7.17. The van der Waals surface area contributed by atoms with Crippen molar-refractivity contribution in [1.82, 2.24) is 14.9 Å². The van der Waals surface area contributed by atoms with Crippen molar-refractivity contribution in [3.63, 3.8) is 0 Å². The van der Waals surface area contributed by atoms with Gasteiger partial charge >= 0.3 is 0 Å². The summed E-state index contributed by atoms with van der Waals surface area (Å²) < 4.78 is 31.7. The fraction of sp³-hybridized carbons (Fsp3) is 0.750. The molecule has 1 aliphatic heterocycles. The van der Waals surface area contributed by atoms with Crippen LogP contribution < -0.4 is 10.5 Å². The maximum Gasteiger partial charge on any atom is 0.270 e. The first-order valence-corrected chi connectivity index (χ1v) is 7.50. The Balaban J connectivity index is 2.07. The molecule has 1 fully saturated rings. The molecular weight excluding hydrogens is 264 g/mol.